The first kappa shape index (κ1) is 13.9. The highest BCUT2D eigenvalue weighted by Gasteiger charge is 2.52. The molecular weight excluding hydrogens is 241 g/mol. The molecule has 1 aromatic rings. The zero-order chi connectivity index (χ0) is 14.3. The van der Waals surface area contributed by atoms with Crippen molar-refractivity contribution in [2.24, 2.45) is 0 Å². The molecule has 0 saturated carbocycles. The number of hydrogen-bond donors (Lipinski definition) is 1. The van der Waals surface area contributed by atoms with E-state index in [0.717, 1.165) is 11.0 Å². The molecule has 1 aromatic carbocycles. The zero-order valence-electron chi connectivity index (χ0n) is 11.7. The second kappa shape index (κ2) is 4.55. The molecule has 0 aromatic heterocycles. The number of phenols is 1. The predicted octanol–water partition coefficient (Wildman–Crippen LogP) is 1.76. The molecule has 100 valence electrons. The Hall–Kier alpha value is -1.51. The maximum absolute atomic E-state index is 9.52. The highest BCUT2D eigenvalue weighted by Crippen LogP contribution is 2.36. The van der Waals surface area contributed by atoms with Gasteiger partial charge >= 0.3 is 7.12 Å². The lowest BCUT2D eigenvalue weighted by atomic mass is 9.75. The summed E-state index contributed by atoms with van der Waals surface area (Å²) in [4.78, 5) is 0. The number of hydrogen-bond acceptors (Lipinski definition) is 4. The molecule has 0 atom stereocenters. The summed E-state index contributed by atoms with van der Waals surface area (Å²) in [5, 5.41) is 18.4. The van der Waals surface area contributed by atoms with Crippen molar-refractivity contribution in [3.63, 3.8) is 0 Å². The van der Waals surface area contributed by atoms with Crippen molar-refractivity contribution in [2.45, 2.75) is 45.3 Å². The molecule has 4 nitrogen and oxygen atoms in total. The van der Waals surface area contributed by atoms with Gasteiger partial charge in [0.05, 0.1) is 23.7 Å². The molecule has 5 heteroatoms. The van der Waals surface area contributed by atoms with E-state index in [1.54, 1.807) is 18.2 Å². The molecule has 1 N–H and O–H groups in total. The van der Waals surface area contributed by atoms with Crippen LogP contribution in [0.2, 0.25) is 0 Å². The highest BCUT2D eigenvalue weighted by molar-refractivity contribution is 6.62. The maximum atomic E-state index is 9.52. The molecule has 1 aliphatic rings. The molecule has 2 rings (SSSR count). The van der Waals surface area contributed by atoms with E-state index in [0.29, 0.717) is 0 Å². The summed E-state index contributed by atoms with van der Waals surface area (Å²) in [5.41, 5.74) is 0.706. The minimum Gasteiger partial charge on any atom is -0.508 e. The van der Waals surface area contributed by atoms with Crippen LogP contribution in [0.1, 0.15) is 33.3 Å². The molecule has 1 fully saturated rings. The molecule has 1 aliphatic heterocycles. The molecule has 0 spiro atoms. The van der Waals surface area contributed by atoms with E-state index in [4.69, 9.17) is 14.6 Å². The number of nitrogens with zero attached hydrogens (tertiary/aromatic N) is 1. The van der Waals surface area contributed by atoms with Crippen molar-refractivity contribution in [1.82, 2.24) is 0 Å². The normalized spacial score (nSPS) is 20.3. The third-order valence-corrected chi connectivity index (χ3v) is 3.90. The number of rotatable bonds is 2. The topological polar surface area (TPSA) is 62.5 Å². The fourth-order valence-corrected chi connectivity index (χ4v) is 2.03. The molecule has 1 saturated heterocycles. The standard InChI is InChI=1S/C14H18BNO3/c1-13(2)14(3,4)19-15(18-13)12-6-5-11(17)9-10(12)7-8-16/h5-6,9,17H,7H2,1-4H3. The number of phenolic OH excluding ortho intramolecular Hbond substituents is 1. The molecule has 19 heavy (non-hydrogen) atoms. The lowest BCUT2D eigenvalue weighted by molar-refractivity contribution is 0.00578. The Balaban J connectivity index is 2.37. The fourth-order valence-electron chi connectivity index (χ4n) is 2.03. The van der Waals surface area contributed by atoms with Crippen molar-refractivity contribution in [3.05, 3.63) is 23.8 Å². The van der Waals surface area contributed by atoms with E-state index in [9.17, 15) is 5.11 Å². The Kier molecular flexibility index (Phi) is 3.33. The average Bonchev–Trinajstić information content (AvgIpc) is 2.48. The van der Waals surface area contributed by atoms with Gasteiger partial charge in [-0.1, -0.05) is 6.07 Å². The smallest absolute Gasteiger partial charge is 0.495 e. The van der Waals surface area contributed by atoms with E-state index in [1.807, 2.05) is 27.7 Å². The summed E-state index contributed by atoms with van der Waals surface area (Å²) >= 11 is 0. The monoisotopic (exact) mass is 259 g/mol. The lowest BCUT2D eigenvalue weighted by Crippen LogP contribution is -2.41. The summed E-state index contributed by atoms with van der Waals surface area (Å²) in [6.07, 6.45) is 0.216. The maximum Gasteiger partial charge on any atom is 0.495 e. The summed E-state index contributed by atoms with van der Waals surface area (Å²) in [6.45, 7) is 7.93. The SMILES string of the molecule is CC1(C)OB(c2ccc(O)cc2CC#N)OC1(C)C. The largest absolute Gasteiger partial charge is 0.508 e. The third kappa shape index (κ3) is 2.47. The summed E-state index contributed by atoms with van der Waals surface area (Å²) < 4.78 is 11.9. The molecule has 1 heterocycles. The highest BCUT2D eigenvalue weighted by atomic mass is 16.7. The first-order valence-electron chi connectivity index (χ1n) is 6.31. The van der Waals surface area contributed by atoms with Gasteiger partial charge < -0.3 is 14.4 Å². The number of aromatic hydroxyl groups is 1. The Morgan fingerprint density at radius 2 is 1.79 bits per heavy atom. The predicted molar refractivity (Wildman–Crippen MR) is 73.1 cm³/mol. The average molecular weight is 259 g/mol. The quantitative estimate of drug-likeness (QED) is 0.822. The van der Waals surface area contributed by atoms with Gasteiger partial charge in [0.25, 0.3) is 0 Å². The van der Waals surface area contributed by atoms with Crippen molar-refractivity contribution < 1.29 is 14.4 Å². The van der Waals surface area contributed by atoms with Crippen LogP contribution in [0.5, 0.6) is 5.75 Å². The van der Waals surface area contributed by atoms with E-state index in [1.165, 1.54) is 0 Å². The Bertz CT molecular complexity index is 518. The minimum atomic E-state index is -0.506. The summed E-state index contributed by atoms with van der Waals surface area (Å²) in [5.74, 6) is 0.144. The summed E-state index contributed by atoms with van der Waals surface area (Å²) in [6, 6.07) is 7.02. The van der Waals surface area contributed by atoms with Crippen LogP contribution in [0, 0.1) is 11.3 Å². The third-order valence-electron chi connectivity index (χ3n) is 3.90. The molecule has 0 aliphatic carbocycles. The van der Waals surface area contributed by atoms with E-state index < -0.39 is 18.3 Å². The van der Waals surface area contributed by atoms with Gasteiger partial charge in [-0.05, 0) is 50.9 Å². The van der Waals surface area contributed by atoms with Gasteiger partial charge in [0.1, 0.15) is 5.75 Å². The van der Waals surface area contributed by atoms with Crippen molar-refractivity contribution in [1.29, 1.82) is 5.26 Å². The zero-order valence-corrected chi connectivity index (χ0v) is 11.7. The van der Waals surface area contributed by atoms with Gasteiger partial charge in [0, 0.05) is 0 Å². The van der Waals surface area contributed by atoms with Crippen LogP contribution in [-0.2, 0) is 15.7 Å². The van der Waals surface area contributed by atoms with Crippen molar-refractivity contribution >= 4 is 12.6 Å². The van der Waals surface area contributed by atoms with Gasteiger partial charge in [0.2, 0.25) is 0 Å². The fraction of sp³-hybridized carbons (Fsp3) is 0.500. The number of nitriles is 1. The Morgan fingerprint density at radius 3 is 2.32 bits per heavy atom. The van der Waals surface area contributed by atoms with Gasteiger partial charge in [0.15, 0.2) is 0 Å². The van der Waals surface area contributed by atoms with Gasteiger partial charge in [-0.2, -0.15) is 5.26 Å². The van der Waals surface area contributed by atoms with E-state index in [-0.39, 0.29) is 12.2 Å². The van der Waals surface area contributed by atoms with Gasteiger partial charge in [-0.25, -0.2) is 0 Å². The molecule has 0 unspecified atom stereocenters. The van der Waals surface area contributed by atoms with Crippen LogP contribution in [0.15, 0.2) is 18.2 Å². The van der Waals surface area contributed by atoms with Crippen LogP contribution in [0.3, 0.4) is 0 Å². The first-order valence-corrected chi connectivity index (χ1v) is 6.31. The van der Waals surface area contributed by atoms with Gasteiger partial charge in [-0.15, -0.1) is 0 Å². The van der Waals surface area contributed by atoms with Crippen LogP contribution >= 0.6 is 0 Å². The van der Waals surface area contributed by atoms with Crippen LogP contribution in [0.4, 0.5) is 0 Å². The van der Waals surface area contributed by atoms with Crippen LogP contribution in [-0.4, -0.2) is 23.4 Å². The Labute approximate surface area is 114 Å². The van der Waals surface area contributed by atoms with Crippen LogP contribution in [0.25, 0.3) is 0 Å². The van der Waals surface area contributed by atoms with Crippen molar-refractivity contribution in [2.75, 3.05) is 0 Å². The van der Waals surface area contributed by atoms with Crippen molar-refractivity contribution in [3.8, 4) is 11.8 Å². The van der Waals surface area contributed by atoms with Gasteiger partial charge in [-0.3, -0.25) is 0 Å². The minimum absolute atomic E-state index is 0.144. The molecule has 0 bridgehead atoms. The van der Waals surface area contributed by atoms with E-state index >= 15 is 0 Å². The summed E-state index contributed by atoms with van der Waals surface area (Å²) in [7, 11) is -0.506. The molecule has 0 radical (unpaired) electrons. The molecular formula is C14H18BNO3. The Morgan fingerprint density at radius 1 is 1.21 bits per heavy atom. The molecule has 0 amide bonds. The second-order valence-electron chi connectivity index (χ2n) is 5.81. The van der Waals surface area contributed by atoms with E-state index in [2.05, 4.69) is 6.07 Å². The first-order chi connectivity index (χ1) is 8.77. The number of benzene rings is 1. The second-order valence-corrected chi connectivity index (χ2v) is 5.81. The van der Waals surface area contributed by atoms with Crippen LogP contribution < -0.4 is 5.46 Å². The lowest BCUT2D eigenvalue weighted by Gasteiger charge is -2.32.